The Morgan fingerprint density at radius 3 is 2.62 bits per heavy atom. The van der Waals surface area contributed by atoms with E-state index in [1.165, 1.54) is 0 Å². The zero-order valence-corrected chi connectivity index (χ0v) is 7.07. The predicted molar refractivity (Wildman–Crippen MR) is 45.9 cm³/mol. The van der Waals surface area contributed by atoms with Crippen molar-refractivity contribution in [2.24, 2.45) is 0 Å². The van der Waals surface area contributed by atoms with Crippen LogP contribution in [0.3, 0.4) is 0 Å². The van der Waals surface area contributed by atoms with Gasteiger partial charge in [0.05, 0.1) is 4.43 Å². The van der Waals surface area contributed by atoms with Crippen LogP contribution < -0.4 is 0 Å². The molecule has 0 bridgehead atoms. The average Bonchev–Trinajstić information content (AvgIpc) is 1.81. The molecule has 0 nitrogen and oxygen atoms in total. The quantitative estimate of drug-likeness (QED) is 0.291. The molecule has 8 heavy (non-hydrogen) atoms. The third kappa shape index (κ3) is 6.29. The van der Waals surface area contributed by atoms with Gasteiger partial charge in [0.15, 0.2) is 0 Å². The maximum Gasteiger partial charge on any atom is 0.0609 e. The fourth-order valence-electron chi connectivity index (χ4n) is 0.349. The van der Waals surface area contributed by atoms with Crippen LogP contribution in [0.1, 0.15) is 19.3 Å². The van der Waals surface area contributed by atoms with Gasteiger partial charge >= 0.3 is 0 Å². The van der Waals surface area contributed by atoms with Gasteiger partial charge in [-0.3, -0.25) is 0 Å². The van der Waals surface area contributed by atoms with Crippen LogP contribution >= 0.6 is 22.6 Å². The Kier molecular flexibility index (Phi) is 7.55. The van der Waals surface area contributed by atoms with E-state index in [0.29, 0.717) is 0 Å². The zero-order valence-electron chi connectivity index (χ0n) is 4.91. The van der Waals surface area contributed by atoms with E-state index in [4.69, 9.17) is 0 Å². The number of unbranched alkanes of at least 4 members (excludes halogenated alkanes) is 2. The highest BCUT2D eigenvalue weighted by atomic mass is 127. The van der Waals surface area contributed by atoms with Crippen molar-refractivity contribution in [3.63, 3.8) is 0 Å². The Morgan fingerprint density at radius 2 is 2.12 bits per heavy atom. The number of alkyl halides is 1. The lowest BCUT2D eigenvalue weighted by Crippen LogP contribution is -1.67. The largest absolute Gasteiger partial charge is 0.103 e. The van der Waals surface area contributed by atoms with E-state index in [9.17, 15) is 0 Å². The van der Waals surface area contributed by atoms with E-state index in [-0.39, 0.29) is 0 Å². The smallest absolute Gasteiger partial charge is 0.0609 e. The maximum atomic E-state index is 3.71. The summed E-state index contributed by atoms with van der Waals surface area (Å²) in [6, 6.07) is 0. The standard InChI is InChI=1S/C7H10I/c1-2-3-4-5-6-7-8/h1-4,7H2. The summed E-state index contributed by atoms with van der Waals surface area (Å²) < 4.78 is 0.953. The molecule has 0 fully saturated rings. The van der Waals surface area contributed by atoms with Crippen LogP contribution in [0.25, 0.3) is 0 Å². The van der Waals surface area contributed by atoms with Crippen molar-refractivity contribution in [3.05, 3.63) is 6.92 Å². The highest BCUT2D eigenvalue weighted by Gasteiger charge is 1.74. The third-order valence-corrected chi connectivity index (χ3v) is 1.12. The molecule has 0 amide bonds. The number of hydrogen-bond donors (Lipinski definition) is 0. The highest BCUT2D eigenvalue weighted by molar-refractivity contribution is 14.1. The Bertz CT molecular complexity index is 86.3. The van der Waals surface area contributed by atoms with Crippen molar-refractivity contribution in [2.45, 2.75) is 19.3 Å². The summed E-state index contributed by atoms with van der Waals surface area (Å²) in [6.45, 7) is 3.71. The first-order valence-electron chi connectivity index (χ1n) is 2.72. The molecule has 45 valence electrons. The first kappa shape index (κ1) is 8.29. The van der Waals surface area contributed by atoms with Gasteiger partial charge in [0.25, 0.3) is 0 Å². The Balaban J connectivity index is 2.90. The molecule has 0 aliphatic rings. The summed E-state index contributed by atoms with van der Waals surface area (Å²) >= 11 is 2.25. The predicted octanol–water partition coefficient (Wildman–Crippen LogP) is 2.43. The third-order valence-electron chi connectivity index (χ3n) is 0.744. The minimum absolute atomic E-state index is 0.953. The molecule has 0 saturated heterocycles. The van der Waals surface area contributed by atoms with E-state index < -0.39 is 0 Å². The summed E-state index contributed by atoms with van der Waals surface area (Å²) in [5.74, 6) is 6.03. The zero-order chi connectivity index (χ0) is 6.24. The van der Waals surface area contributed by atoms with Crippen LogP contribution in [0.2, 0.25) is 0 Å². The minimum Gasteiger partial charge on any atom is -0.103 e. The Labute approximate surface area is 65.2 Å². The van der Waals surface area contributed by atoms with E-state index in [1.54, 1.807) is 0 Å². The molecule has 0 rings (SSSR count). The van der Waals surface area contributed by atoms with Crippen molar-refractivity contribution in [1.82, 2.24) is 0 Å². The second kappa shape index (κ2) is 7.29. The Morgan fingerprint density at radius 1 is 1.38 bits per heavy atom. The van der Waals surface area contributed by atoms with Gasteiger partial charge in [-0.1, -0.05) is 41.9 Å². The molecule has 0 spiro atoms. The second-order valence-electron chi connectivity index (χ2n) is 1.44. The Hall–Kier alpha value is 0.290. The molecule has 0 aliphatic heterocycles. The molecule has 0 heterocycles. The van der Waals surface area contributed by atoms with Crippen LogP contribution in [-0.2, 0) is 0 Å². The van der Waals surface area contributed by atoms with Gasteiger partial charge < -0.3 is 0 Å². The monoisotopic (exact) mass is 221 g/mol. The normalized spacial score (nSPS) is 7.75. The molecular formula is C7H10I. The van der Waals surface area contributed by atoms with Crippen molar-refractivity contribution in [2.75, 3.05) is 4.43 Å². The first-order valence-corrected chi connectivity index (χ1v) is 4.25. The first-order chi connectivity index (χ1) is 3.91. The van der Waals surface area contributed by atoms with Gasteiger partial charge in [-0.2, -0.15) is 0 Å². The van der Waals surface area contributed by atoms with Gasteiger partial charge in [-0.25, -0.2) is 0 Å². The molecule has 0 aromatic carbocycles. The van der Waals surface area contributed by atoms with Gasteiger partial charge in [0.1, 0.15) is 0 Å². The molecular weight excluding hydrogens is 211 g/mol. The molecule has 0 atom stereocenters. The molecule has 0 unspecified atom stereocenters. The lowest BCUT2D eigenvalue weighted by molar-refractivity contribution is 0.883. The summed E-state index contributed by atoms with van der Waals surface area (Å²) in [6.07, 6.45) is 3.17. The lowest BCUT2D eigenvalue weighted by atomic mass is 10.3. The number of halogens is 1. The average molecular weight is 221 g/mol. The molecule has 1 heteroatoms. The van der Waals surface area contributed by atoms with Crippen molar-refractivity contribution in [1.29, 1.82) is 0 Å². The van der Waals surface area contributed by atoms with Crippen LogP contribution in [-0.4, -0.2) is 4.43 Å². The van der Waals surface area contributed by atoms with E-state index in [0.717, 1.165) is 23.7 Å². The van der Waals surface area contributed by atoms with Crippen molar-refractivity contribution in [3.8, 4) is 11.8 Å². The molecule has 1 radical (unpaired) electrons. The van der Waals surface area contributed by atoms with Gasteiger partial charge in [-0.15, -0.1) is 5.92 Å². The molecule has 0 aromatic rings. The fraction of sp³-hybridized carbons (Fsp3) is 0.571. The fourth-order valence-corrected chi connectivity index (χ4v) is 0.619. The summed E-state index contributed by atoms with van der Waals surface area (Å²) in [5.41, 5.74) is 0. The van der Waals surface area contributed by atoms with Crippen molar-refractivity contribution < 1.29 is 0 Å². The highest BCUT2D eigenvalue weighted by Crippen LogP contribution is 1.89. The van der Waals surface area contributed by atoms with Gasteiger partial charge in [0, 0.05) is 6.42 Å². The van der Waals surface area contributed by atoms with Crippen molar-refractivity contribution >= 4 is 22.6 Å². The van der Waals surface area contributed by atoms with Gasteiger partial charge in [-0.05, 0) is 6.42 Å². The topological polar surface area (TPSA) is 0 Å². The van der Waals surface area contributed by atoms with E-state index in [1.807, 2.05) is 0 Å². The van der Waals surface area contributed by atoms with Crippen LogP contribution in [0.4, 0.5) is 0 Å². The minimum atomic E-state index is 0.953. The number of hydrogen-bond acceptors (Lipinski definition) is 0. The van der Waals surface area contributed by atoms with Crippen LogP contribution in [0.5, 0.6) is 0 Å². The SMILES string of the molecule is [CH2]CCCC#CCI. The summed E-state index contributed by atoms with van der Waals surface area (Å²) in [7, 11) is 0. The van der Waals surface area contributed by atoms with E-state index in [2.05, 4.69) is 41.4 Å². The molecule has 0 saturated carbocycles. The van der Waals surface area contributed by atoms with Crippen LogP contribution in [0.15, 0.2) is 0 Å². The molecule has 0 aliphatic carbocycles. The summed E-state index contributed by atoms with van der Waals surface area (Å²) in [4.78, 5) is 0. The van der Waals surface area contributed by atoms with Crippen LogP contribution in [0, 0.1) is 18.8 Å². The molecule has 0 N–H and O–H groups in total. The summed E-state index contributed by atoms with van der Waals surface area (Å²) in [5, 5.41) is 0. The maximum absolute atomic E-state index is 3.71. The second-order valence-corrected chi connectivity index (χ2v) is 2.21. The van der Waals surface area contributed by atoms with E-state index >= 15 is 0 Å². The molecule has 0 aromatic heterocycles. The number of rotatable bonds is 2. The lowest BCUT2D eigenvalue weighted by Gasteiger charge is -1.81. The van der Waals surface area contributed by atoms with Gasteiger partial charge in [0.2, 0.25) is 0 Å².